The fraction of sp³-hybridized carbons (Fsp3) is 0.273. The molecule has 0 aliphatic heterocycles. The Morgan fingerprint density at radius 2 is 2.19 bits per heavy atom. The van der Waals surface area contributed by atoms with E-state index in [0.717, 1.165) is 10.2 Å². The van der Waals surface area contributed by atoms with Gasteiger partial charge in [-0.05, 0) is 48.6 Å². The largest absolute Gasteiger partial charge is 0.326 e. The fourth-order valence-corrected chi connectivity index (χ4v) is 3.11. The molecule has 3 nitrogen and oxygen atoms in total. The molecule has 1 aromatic heterocycles. The van der Waals surface area contributed by atoms with Crippen molar-refractivity contribution < 1.29 is 0 Å². The minimum Gasteiger partial charge on any atom is -0.326 e. The lowest BCUT2D eigenvalue weighted by Gasteiger charge is -2.04. The molecule has 1 heterocycles. The van der Waals surface area contributed by atoms with Gasteiger partial charge in [0.1, 0.15) is 5.82 Å². The van der Waals surface area contributed by atoms with E-state index in [0.29, 0.717) is 6.54 Å². The lowest BCUT2D eigenvalue weighted by Crippen LogP contribution is -1.98. The summed E-state index contributed by atoms with van der Waals surface area (Å²) in [4.78, 5) is 5.51. The Labute approximate surface area is 103 Å². The van der Waals surface area contributed by atoms with E-state index in [9.17, 15) is 0 Å². The predicted octanol–water partition coefficient (Wildman–Crippen LogP) is 2.76. The zero-order chi connectivity index (χ0) is 11.5. The third-order valence-electron chi connectivity index (χ3n) is 2.25. The van der Waals surface area contributed by atoms with Gasteiger partial charge in [0.25, 0.3) is 0 Å². The van der Waals surface area contributed by atoms with Crippen molar-refractivity contribution in [2.24, 2.45) is 5.73 Å². The maximum Gasteiger partial charge on any atom is 0.174 e. The Hall–Kier alpha value is -0.910. The molecule has 0 fully saturated rings. The van der Waals surface area contributed by atoms with Crippen molar-refractivity contribution in [1.29, 1.82) is 0 Å². The zero-order valence-corrected chi connectivity index (χ0v) is 10.9. The summed E-state index contributed by atoms with van der Waals surface area (Å²) in [6, 6.07) is 6.30. The van der Waals surface area contributed by atoms with Gasteiger partial charge in [-0.15, -0.1) is 0 Å². The lowest BCUT2D eigenvalue weighted by molar-refractivity contribution is 1.04. The molecule has 0 saturated carbocycles. The summed E-state index contributed by atoms with van der Waals surface area (Å²) in [7, 11) is 0. The molecule has 5 heteroatoms. The number of aromatic nitrogens is 2. The van der Waals surface area contributed by atoms with E-state index < -0.39 is 0 Å². The standard InChI is InChI=1S/C11H13N3S2/c1-7-5-10(4-3-9(7)6-12)15-11-13-8(2)14-16-11/h3-5H,6,12H2,1-2H3. The molecular formula is C11H13N3S2. The van der Waals surface area contributed by atoms with Gasteiger partial charge < -0.3 is 5.73 Å². The molecule has 0 atom stereocenters. The maximum absolute atomic E-state index is 5.63. The molecule has 0 amide bonds. The molecule has 0 bridgehead atoms. The average Bonchev–Trinajstić information content (AvgIpc) is 2.64. The molecule has 0 spiro atoms. The zero-order valence-electron chi connectivity index (χ0n) is 9.23. The summed E-state index contributed by atoms with van der Waals surface area (Å²) < 4.78 is 5.14. The summed E-state index contributed by atoms with van der Waals surface area (Å²) in [5, 5.41) is 0. The summed E-state index contributed by atoms with van der Waals surface area (Å²) in [5.74, 6) is 0.836. The van der Waals surface area contributed by atoms with E-state index in [4.69, 9.17) is 5.73 Å². The smallest absolute Gasteiger partial charge is 0.174 e. The third kappa shape index (κ3) is 2.61. The molecule has 16 heavy (non-hydrogen) atoms. The lowest BCUT2D eigenvalue weighted by atomic mass is 10.1. The van der Waals surface area contributed by atoms with E-state index in [1.165, 1.54) is 27.6 Å². The van der Waals surface area contributed by atoms with E-state index in [1.54, 1.807) is 11.8 Å². The van der Waals surface area contributed by atoms with Crippen LogP contribution in [0.1, 0.15) is 17.0 Å². The van der Waals surface area contributed by atoms with Gasteiger partial charge in [-0.2, -0.15) is 4.37 Å². The Balaban J connectivity index is 2.19. The predicted molar refractivity (Wildman–Crippen MR) is 67.8 cm³/mol. The molecule has 0 saturated heterocycles. The van der Waals surface area contributed by atoms with Crippen molar-refractivity contribution in [1.82, 2.24) is 9.36 Å². The molecule has 0 aliphatic carbocycles. The van der Waals surface area contributed by atoms with E-state index in [-0.39, 0.29) is 0 Å². The summed E-state index contributed by atoms with van der Waals surface area (Å²) in [6.45, 7) is 4.58. The monoisotopic (exact) mass is 251 g/mol. The minimum absolute atomic E-state index is 0.592. The second kappa shape index (κ2) is 4.95. The highest BCUT2D eigenvalue weighted by atomic mass is 32.2. The third-order valence-corrected chi connectivity index (χ3v) is 4.08. The van der Waals surface area contributed by atoms with Crippen molar-refractivity contribution >= 4 is 23.3 Å². The fourth-order valence-electron chi connectivity index (χ4n) is 1.38. The number of nitrogens with zero attached hydrogens (tertiary/aromatic N) is 2. The van der Waals surface area contributed by atoms with Gasteiger partial charge >= 0.3 is 0 Å². The molecule has 0 aliphatic rings. The first-order chi connectivity index (χ1) is 7.69. The van der Waals surface area contributed by atoms with Gasteiger partial charge in [-0.25, -0.2) is 4.98 Å². The summed E-state index contributed by atoms with van der Waals surface area (Å²) in [5.41, 5.74) is 8.05. The molecule has 2 N–H and O–H groups in total. The highest BCUT2D eigenvalue weighted by molar-refractivity contribution is 8.01. The first kappa shape index (κ1) is 11.6. The van der Waals surface area contributed by atoms with Crippen LogP contribution >= 0.6 is 23.3 Å². The molecule has 84 valence electrons. The number of nitrogens with two attached hydrogens (primary N) is 1. The van der Waals surface area contributed by atoms with Crippen LogP contribution in [-0.2, 0) is 6.54 Å². The van der Waals surface area contributed by atoms with Crippen molar-refractivity contribution in [3.63, 3.8) is 0 Å². The highest BCUT2D eigenvalue weighted by Gasteiger charge is 2.04. The number of rotatable bonds is 3. The highest BCUT2D eigenvalue weighted by Crippen LogP contribution is 2.29. The summed E-state index contributed by atoms with van der Waals surface area (Å²) >= 11 is 3.08. The van der Waals surface area contributed by atoms with Gasteiger partial charge in [-0.3, -0.25) is 0 Å². The molecule has 1 aromatic carbocycles. The van der Waals surface area contributed by atoms with Gasteiger partial charge in [-0.1, -0.05) is 17.8 Å². The van der Waals surface area contributed by atoms with Crippen LogP contribution in [0.15, 0.2) is 27.4 Å². The molecule has 0 unspecified atom stereocenters. The van der Waals surface area contributed by atoms with Crippen LogP contribution in [0.2, 0.25) is 0 Å². The van der Waals surface area contributed by atoms with Crippen molar-refractivity contribution in [2.75, 3.05) is 0 Å². The number of benzene rings is 1. The molecule has 2 aromatic rings. The van der Waals surface area contributed by atoms with Crippen LogP contribution in [0.5, 0.6) is 0 Å². The number of hydrogen-bond donors (Lipinski definition) is 1. The van der Waals surface area contributed by atoms with Gasteiger partial charge in [0.05, 0.1) is 0 Å². The number of aryl methyl sites for hydroxylation is 2. The van der Waals surface area contributed by atoms with Crippen LogP contribution < -0.4 is 5.73 Å². The van der Waals surface area contributed by atoms with E-state index in [2.05, 4.69) is 34.5 Å². The normalized spacial score (nSPS) is 10.7. The van der Waals surface area contributed by atoms with Crippen molar-refractivity contribution in [3.05, 3.63) is 35.2 Å². The SMILES string of the molecule is Cc1nsc(Sc2ccc(CN)c(C)c2)n1. The van der Waals surface area contributed by atoms with Gasteiger partial charge in [0.2, 0.25) is 0 Å². The second-order valence-corrected chi connectivity index (χ2v) is 5.57. The Bertz CT molecular complexity index is 494. The average molecular weight is 251 g/mol. The molecular weight excluding hydrogens is 238 g/mol. The molecule has 0 radical (unpaired) electrons. The van der Waals surface area contributed by atoms with Crippen molar-refractivity contribution in [2.45, 2.75) is 29.6 Å². The Morgan fingerprint density at radius 3 is 2.75 bits per heavy atom. The van der Waals surface area contributed by atoms with Gasteiger partial charge in [0, 0.05) is 11.4 Å². The van der Waals surface area contributed by atoms with Crippen LogP contribution in [-0.4, -0.2) is 9.36 Å². The van der Waals surface area contributed by atoms with Crippen LogP contribution in [0.25, 0.3) is 0 Å². The maximum atomic E-state index is 5.63. The Kier molecular flexibility index (Phi) is 3.58. The van der Waals surface area contributed by atoms with Crippen LogP contribution in [0, 0.1) is 13.8 Å². The van der Waals surface area contributed by atoms with E-state index in [1.807, 2.05) is 6.92 Å². The first-order valence-electron chi connectivity index (χ1n) is 4.97. The van der Waals surface area contributed by atoms with Crippen LogP contribution in [0.3, 0.4) is 0 Å². The molecule has 2 rings (SSSR count). The van der Waals surface area contributed by atoms with Crippen LogP contribution in [0.4, 0.5) is 0 Å². The topological polar surface area (TPSA) is 51.8 Å². The van der Waals surface area contributed by atoms with Crippen molar-refractivity contribution in [3.8, 4) is 0 Å². The Morgan fingerprint density at radius 1 is 1.38 bits per heavy atom. The summed E-state index contributed by atoms with van der Waals surface area (Å²) in [6.07, 6.45) is 0. The first-order valence-corrected chi connectivity index (χ1v) is 6.56. The number of hydrogen-bond acceptors (Lipinski definition) is 5. The quantitative estimate of drug-likeness (QED) is 0.911. The van der Waals surface area contributed by atoms with Gasteiger partial charge in [0.15, 0.2) is 4.34 Å². The minimum atomic E-state index is 0.592. The second-order valence-electron chi connectivity index (χ2n) is 3.50. The van der Waals surface area contributed by atoms with E-state index >= 15 is 0 Å².